The van der Waals surface area contributed by atoms with Crippen molar-refractivity contribution in [1.82, 2.24) is 5.32 Å². The summed E-state index contributed by atoms with van der Waals surface area (Å²) in [5, 5.41) is 11.3. The van der Waals surface area contributed by atoms with E-state index in [1.807, 2.05) is 0 Å². The molecule has 2 N–H and O–H groups in total. The molecule has 1 heterocycles. The van der Waals surface area contributed by atoms with Crippen molar-refractivity contribution in [2.75, 3.05) is 12.0 Å². The molecule has 4 amide bonds. The van der Waals surface area contributed by atoms with Gasteiger partial charge in [-0.15, -0.1) is 0 Å². The van der Waals surface area contributed by atoms with E-state index in [1.54, 1.807) is 30.3 Å². The maximum Gasteiger partial charge on any atom is 0.335 e. The predicted molar refractivity (Wildman–Crippen MR) is 126 cm³/mol. The van der Waals surface area contributed by atoms with Gasteiger partial charge >= 0.3 is 12.0 Å². The van der Waals surface area contributed by atoms with Gasteiger partial charge in [0.25, 0.3) is 11.8 Å². The maximum absolute atomic E-state index is 13.7. The highest BCUT2D eigenvalue weighted by atomic mass is 19.1. The van der Waals surface area contributed by atoms with Gasteiger partial charge in [0.1, 0.15) is 18.0 Å². The number of anilines is 1. The molecule has 182 valence electrons. The van der Waals surface area contributed by atoms with Gasteiger partial charge in [0, 0.05) is 5.56 Å². The zero-order valence-electron chi connectivity index (χ0n) is 18.9. The third kappa shape index (κ3) is 4.92. The zero-order valence-corrected chi connectivity index (χ0v) is 18.9. The van der Waals surface area contributed by atoms with Crippen molar-refractivity contribution in [3.63, 3.8) is 0 Å². The summed E-state index contributed by atoms with van der Waals surface area (Å²) in [6.07, 6.45) is 1.24. The van der Waals surface area contributed by atoms with E-state index >= 15 is 0 Å². The summed E-state index contributed by atoms with van der Waals surface area (Å²) in [6.45, 7) is -0.0360. The van der Waals surface area contributed by atoms with E-state index in [2.05, 4.69) is 5.32 Å². The minimum Gasteiger partial charge on any atom is -0.493 e. The van der Waals surface area contributed by atoms with E-state index in [0.717, 1.165) is 12.1 Å². The standard InChI is InChI=1S/C26H19FN2O7/c1-35-21-10-3-6-16(22(21)36-14-15-5-2-7-17(11-15)25(32)33)12-20-23(30)28-26(34)29(24(20)31)19-9-4-8-18(27)13-19/h2-13H,14H2,1H3,(H,32,33)(H,28,30,34)/b20-12+. The molecular formula is C26H19FN2O7. The Labute approximate surface area is 204 Å². The van der Waals surface area contributed by atoms with E-state index in [0.29, 0.717) is 16.2 Å². The number of barbiturate groups is 1. The van der Waals surface area contributed by atoms with Gasteiger partial charge < -0.3 is 14.6 Å². The Morgan fingerprint density at radius 3 is 2.53 bits per heavy atom. The van der Waals surface area contributed by atoms with E-state index in [4.69, 9.17) is 9.47 Å². The second-order valence-corrected chi connectivity index (χ2v) is 7.61. The Hall–Kier alpha value is -4.99. The maximum atomic E-state index is 13.7. The van der Waals surface area contributed by atoms with Crippen molar-refractivity contribution in [1.29, 1.82) is 0 Å². The van der Waals surface area contributed by atoms with Crippen molar-refractivity contribution >= 4 is 35.6 Å². The highest BCUT2D eigenvalue weighted by Gasteiger charge is 2.37. The van der Waals surface area contributed by atoms with Crippen LogP contribution in [0.25, 0.3) is 6.08 Å². The smallest absolute Gasteiger partial charge is 0.335 e. The van der Waals surface area contributed by atoms with E-state index in [-0.39, 0.29) is 34.7 Å². The normalized spacial score (nSPS) is 14.6. The molecule has 1 aliphatic rings. The van der Waals surface area contributed by atoms with Crippen LogP contribution in [0.1, 0.15) is 21.5 Å². The molecule has 0 radical (unpaired) electrons. The summed E-state index contributed by atoms with van der Waals surface area (Å²) in [7, 11) is 1.41. The molecule has 0 unspecified atom stereocenters. The van der Waals surface area contributed by atoms with Crippen LogP contribution in [0.2, 0.25) is 0 Å². The van der Waals surface area contributed by atoms with Crippen LogP contribution in [0, 0.1) is 5.82 Å². The fourth-order valence-corrected chi connectivity index (χ4v) is 3.57. The molecule has 3 aromatic carbocycles. The number of urea groups is 1. The molecule has 1 fully saturated rings. The predicted octanol–water partition coefficient (Wildman–Crippen LogP) is 3.78. The Morgan fingerprint density at radius 2 is 1.81 bits per heavy atom. The number of nitrogens with one attached hydrogen (secondary N) is 1. The summed E-state index contributed by atoms with van der Waals surface area (Å²) in [6, 6.07) is 14.8. The number of amides is 4. The summed E-state index contributed by atoms with van der Waals surface area (Å²) in [5.74, 6) is -3.15. The second kappa shape index (κ2) is 10.1. The lowest BCUT2D eigenvalue weighted by atomic mass is 10.1. The van der Waals surface area contributed by atoms with Gasteiger partial charge in [-0.2, -0.15) is 0 Å². The molecule has 0 bridgehead atoms. The number of imide groups is 2. The van der Waals surface area contributed by atoms with Crippen LogP contribution < -0.4 is 19.7 Å². The number of carbonyl (C=O) groups excluding carboxylic acids is 3. The van der Waals surface area contributed by atoms with Gasteiger partial charge in [-0.1, -0.05) is 30.3 Å². The number of rotatable bonds is 7. The number of aromatic carboxylic acids is 1. The van der Waals surface area contributed by atoms with Gasteiger partial charge in [0.2, 0.25) is 0 Å². The molecule has 9 nitrogen and oxygen atoms in total. The highest BCUT2D eigenvalue weighted by molar-refractivity contribution is 6.39. The Kier molecular flexibility index (Phi) is 6.77. The lowest BCUT2D eigenvalue weighted by molar-refractivity contribution is -0.122. The quantitative estimate of drug-likeness (QED) is 0.382. The van der Waals surface area contributed by atoms with Crippen LogP contribution in [0.5, 0.6) is 11.5 Å². The van der Waals surface area contributed by atoms with Crippen LogP contribution in [-0.4, -0.2) is 36.0 Å². The van der Waals surface area contributed by atoms with Crippen LogP contribution in [-0.2, 0) is 16.2 Å². The van der Waals surface area contributed by atoms with Crippen molar-refractivity contribution in [3.05, 3.63) is 94.8 Å². The second-order valence-electron chi connectivity index (χ2n) is 7.61. The lowest BCUT2D eigenvalue weighted by Crippen LogP contribution is -2.54. The summed E-state index contributed by atoms with van der Waals surface area (Å²) in [4.78, 5) is 50.0. The zero-order chi connectivity index (χ0) is 25.8. The SMILES string of the molecule is COc1cccc(/C=C2\C(=O)NC(=O)N(c3cccc(F)c3)C2=O)c1OCc1cccc(C(=O)O)c1. The first-order valence-corrected chi connectivity index (χ1v) is 10.6. The number of ether oxygens (including phenoxy) is 2. The molecular weight excluding hydrogens is 471 g/mol. The number of para-hydroxylation sites is 1. The third-order valence-corrected chi connectivity index (χ3v) is 5.25. The average molecular weight is 490 g/mol. The number of nitrogens with zero attached hydrogens (tertiary/aromatic N) is 1. The molecule has 0 aromatic heterocycles. The minimum atomic E-state index is -1.08. The molecule has 10 heteroatoms. The van der Waals surface area contributed by atoms with Gasteiger partial charge in [-0.05, 0) is 48.0 Å². The molecule has 0 spiro atoms. The molecule has 0 atom stereocenters. The van der Waals surface area contributed by atoms with Crippen molar-refractivity contribution in [3.8, 4) is 11.5 Å². The molecule has 1 saturated heterocycles. The Balaban J connectivity index is 1.70. The number of benzene rings is 3. The van der Waals surface area contributed by atoms with Crippen molar-refractivity contribution < 1.29 is 38.1 Å². The van der Waals surface area contributed by atoms with E-state index in [1.165, 1.54) is 37.5 Å². The van der Waals surface area contributed by atoms with Crippen LogP contribution in [0.3, 0.4) is 0 Å². The largest absolute Gasteiger partial charge is 0.493 e. The number of hydrogen-bond acceptors (Lipinski definition) is 6. The molecule has 0 saturated carbocycles. The number of carbonyl (C=O) groups is 4. The number of hydrogen-bond donors (Lipinski definition) is 2. The van der Waals surface area contributed by atoms with Gasteiger partial charge in [-0.3, -0.25) is 14.9 Å². The number of carboxylic acids is 1. The number of halogens is 1. The monoisotopic (exact) mass is 490 g/mol. The van der Waals surface area contributed by atoms with Crippen molar-refractivity contribution in [2.45, 2.75) is 6.61 Å². The minimum absolute atomic E-state index is 0.0360. The number of carboxylic acid groups (broad SMARTS) is 1. The molecule has 0 aliphatic carbocycles. The summed E-state index contributed by atoms with van der Waals surface area (Å²) in [5.41, 5.74) is 0.510. The summed E-state index contributed by atoms with van der Waals surface area (Å²) < 4.78 is 25.0. The molecule has 36 heavy (non-hydrogen) atoms. The molecule has 4 rings (SSSR count). The first-order chi connectivity index (χ1) is 17.3. The first kappa shape index (κ1) is 24.1. The lowest BCUT2D eigenvalue weighted by Gasteiger charge is -2.26. The number of methoxy groups -OCH3 is 1. The Morgan fingerprint density at radius 1 is 1.06 bits per heavy atom. The van der Waals surface area contributed by atoms with Gasteiger partial charge in [0.15, 0.2) is 11.5 Å². The van der Waals surface area contributed by atoms with Crippen LogP contribution in [0.15, 0.2) is 72.3 Å². The highest BCUT2D eigenvalue weighted by Crippen LogP contribution is 2.34. The van der Waals surface area contributed by atoms with E-state index < -0.39 is 29.6 Å². The fraction of sp³-hybridized carbons (Fsp3) is 0.0769. The van der Waals surface area contributed by atoms with E-state index in [9.17, 15) is 28.7 Å². The van der Waals surface area contributed by atoms with Crippen LogP contribution >= 0.6 is 0 Å². The third-order valence-electron chi connectivity index (χ3n) is 5.25. The van der Waals surface area contributed by atoms with Crippen LogP contribution in [0.4, 0.5) is 14.9 Å². The molecule has 3 aromatic rings. The summed E-state index contributed by atoms with van der Waals surface area (Å²) >= 11 is 0. The Bertz CT molecular complexity index is 1420. The molecule has 1 aliphatic heterocycles. The first-order valence-electron chi connectivity index (χ1n) is 10.6. The average Bonchev–Trinajstić information content (AvgIpc) is 2.85. The van der Waals surface area contributed by atoms with Gasteiger partial charge in [0.05, 0.1) is 18.4 Å². The topological polar surface area (TPSA) is 122 Å². The van der Waals surface area contributed by atoms with Crippen molar-refractivity contribution in [2.24, 2.45) is 0 Å². The van der Waals surface area contributed by atoms with Gasteiger partial charge in [-0.25, -0.2) is 18.9 Å². The fourth-order valence-electron chi connectivity index (χ4n) is 3.57.